The van der Waals surface area contributed by atoms with E-state index in [1.165, 1.54) is 0 Å². The smallest absolute Gasteiger partial charge is 0.246 e. The Balaban J connectivity index is 1.30. The molecular formula is C31H32N4O6. The van der Waals surface area contributed by atoms with Gasteiger partial charge in [0.25, 0.3) is 0 Å². The first-order valence-electron chi connectivity index (χ1n) is 13.6. The Morgan fingerprint density at radius 1 is 1.05 bits per heavy atom. The molecule has 3 amide bonds. The number of methoxy groups -OCH3 is 1. The Morgan fingerprint density at radius 3 is 2.49 bits per heavy atom. The average molecular weight is 557 g/mol. The van der Waals surface area contributed by atoms with Crippen LogP contribution in [0.2, 0.25) is 0 Å². The molecule has 6 rings (SSSR count). The minimum atomic E-state index is -1.28. The van der Waals surface area contributed by atoms with Crippen LogP contribution in [0.15, 0.2) is 77.3 Å². The van der Waals surface area contributed by atoms with Crippen molar-refractivity contribution >= 4 is 23.5 Å². The zero-order valence-corrected chi connectivity index (χ0v) is 23.1. The molecule has 3 aliphatic heterocycles. The monoisotopic (exact) mass is 556 g/mol. The molecule has 4 heterocycles. The second-order valence-electron chi connectivity index (χ2n) is 11.0. The molecule has 0 unspecified atom stereocenters. The number of carbonyl (C=O) groups excluding carboxylic acids is 3. The standard InChI is InChI=1S/C31H32N4O6/c1-19-17-23(34-40-19)33-27(36)24-25-29(38)35(16-13-20-9-11-22(39-3)12-10-20)26(31(25)15-14-30(24,2)41-31)28(37)32-18-21-7-5-4-6-8-21/h4-12,14-15,17,24-26H,13,16,18H2,1-3H3,(H,32,37)(H,33,34,36)/t24-,25+,26+,30-,31+/m1/s1. The van der Waals surface area contributed by atoms with Gasteiger partial charge < -0.3 is 29.5 Å². The zero-order valence-electron chi connectivity index (χ0n) is 23.1. The summed E-state index contributed by atoms with van der Waals surface area (Å²) in [5, 5.41) is 9.65. The van der Waals surface area contributed by atoms with Crippen molar-refractivity contribution in [2.75, 3.05) is 19.0 Å². The number of likely N-dealkylation sites (tertiary alicyclic amines) is 1. The third-order valence-electron chi connectivity index (χ3n) is 8.32. The van der Waals surface area contributed by atoms with Crippen LogP contribution in [-0.4, -0.2) is 58.7 Å². The summed E-state index contributed by atoms with van der Waals surface area (Å²) in [4.78, 5) is 43.3. The molecule has 0 radical (unpaired) electrons. The van der Waals surface area contributed by atoms with E-state index in [1.54, 1.807) is 44.1 Å². The fourth-order valence-electron chi connectivity index (χ4n) is 6.42. The number of aromatic nitrogens is 1. The topological polar surface area (TPSA) is 123 Å². The van der Waals surface area contributed by atoms with Gasteiger partial charge >= 0.3 is 0 Å². The molecule has 10 nitrogen and oxygen atoms in total. The third kappa shape index (κ3) is 4.58. The summed E-state index contributed by atoms with van der Waals surface area (Å²) in [6, 6.07) is 17.8. The van der Waals surface area contributed by atoms with Crippen molar-refractivity contribution in [1.29, 1.82) is 0 Å². The van der Waals surface area contributed by atoms with Crippen LogP contribution < -0.4 is 15.4 Å². The summed E-state index contributed by atoms with van der Waals surface area (Å²) in [6.45, 7) is 4.08. The Labute approximate surface area is 237 Å². The Bertz CT molecular complexity index is 1500. The van der Waals surface area contributed by atoms with Crippen molar-refractivity contribution in [3.8, 4) is 5.75 Å². The van der Waals surface area contributed by atoms with Crippen LogP contribution in [0.25, 0.3) is 0 Å². The third-order valence-corrected chi connectivity index (χ3v) is 8.32. The summed E-state index contributed by atoms with van der Waals surface area (Å²) in [6.07, 6.45) is 4.12. The van der Waals surface area contributed by atoms with E-state index in [-0.39, 0.29) is 24.2 Å². The Kier molecular flexibility index (Phi) is 6.65. The molecule has 2 bridgehead atoms. The van der Waals surface area contributed by atoms with Gasteiger partial charge in [-0.25, -0.2) is 0 Å². The van der Waals surface area contributed by atoms with Crippen molar-refractivity contribution < 1.29 is 28.4 Å². The highest BCUT2D eigenvalue weighted by molar-refractivity contribution is 6.03. The molecule has 212 valence electrons. The molecule has 41 heavy (non-hydrogen) atoms. The molecular weight excluding hydrogens is 524 g/mol. The fourth-order valence-corrected chi connectivity index (χ4v) is 6.42. The highest BCUT2D eigenvalue weighted by Gasteiger charge is 2.76. The summed E-state index contributed by atoms with van der Waals surface area (Å²) in [5.74, 6) is -1.24. The lowest BCUT2D eigenvalue weighted by atomic mass is 9.70. The predicted molar refractivity (Wildman–Crippen MR) is 149 cm³/mol. The molecule has 10 heteroatoms. The summed E-state index contributed by atoms with van der Waals surface area (Å²) in [5.41, 5.74) is -0.430. The molecule has 3 aliphatic rings. The average Bonchev–Trinajstić information content (AvgIpc) is 3.68. The molecule has 2 saturated heterocycles. The summed E-state index contributed by atoms with van der Waals surface area (Å²) in [7, 11) is 1.61. The number of nitrogens with one attached hydrogen (secondary N) is 2. The van der Waals surface area contributed by atoms with Gasteiger partial charge in [0.15, 0.2) is 5.82 Å². The van der Waals surface area contributed by atoms with E-state index in [0.717, 1.165) is 16.9 Å². The van der Waals surface area contributed by atoms with Crippen LogP contribution >= 0.6 is 0 Å². The number of hydrogen-bond donors (Lipinski definition) is 2. The zero-order chi connectivity index (χ0) is 28.8. The van der Waals surface area contributed by atoms with Gasteiger partial charge in [0.05, 0.1) is 24.5 Å². The van der Waals surface area contributed by atoms with Crippen LogP contribution in [-0.2, 0) is 32.1 Å². The molecule has 1 aromatic heterocycles. The van der Waals surface area contributed by atoms with E-state index in [2.05, 4.69) is 15.8 Å². The maximum absolute atomic E-state index is 14.2. The van der Waals surface area contributed by atoms with Gasteiger partial charge in [-0.2, -0.15) is 0 Å². The van der Waals surface area contributed by atoms with Crippen molar-refractivity contribution in [1.82, 2.24) is 15.4 Å². The van der Waals surface area contributed by atoms with Crippen LogP contribution in [0.3, 0.4) is 0 Å². The van der Waals surface area contributed by atoms with Crippen LogP contribution in [0.5, 0.6) is 5.75 Å². The molecule has 2 N–H and O–H groups in total. The molecule has 2 aromatic carbocycles. The quantitative estimate of drug-likeness (QED) is 0.389. The number of carbonyl (C=O) groups is 3. The lowest BCUT2D eigenvalue weighted by Gasteiger charge is -2.33. The normalized spacial score (nSPS) is 27.6. The number of nitrogens with zero attached hydrogens (tertiary/aromatic N) is 2. The van der Waals surface area contributed by atoms with Crippen LogP contribution in [0, 0.1) is 18.8 Å². The highest BCUT2D eigenvalue weighted by Crippen LogP contribution is 2.59. The number of anilines is 1. The van der Waals surface area contributed by atoms with Gasteiger partial charge in [-0.3, -0.25) is 14.4 Å². The van der Waals surface area contributed by atoms with E-state index in [4.69, 9.17) is 14.0 Å². The first-order chi connectivity index (χ1) is 19.7. The summed E-state index contributed by atoms with van der Waals surface area (Å²) < 4.78 is 16.9. The lowest BCUT2D eigenvalue weighted by molar-refractivity contribution is -0.144. The number of aryl methyl sites for hydroxylation is 1. The molecule has 1 spiro atoms. The van der Waals surface area contributed by atoms with Crippen molar-refractivity contribution in [2.24, 2.45) is 11.8 Å². The van der Waals surface area contributed by atoms with Crippen molar-refractivity contribution in [2.45, 2.75) is 44.1 Å². The molecule has 5 atom stereocenters. The number of rotatable bonds is 9. The maximum atomic E-state index is 14.2. The molecule has 0 aliphatic carbocycles. The molecule has 0 saturated carbocycles. The predicted octanol–water partition coefficient (Wildman–Crippen LogP) is 3.03. The molecule has 2 fully saturated rings. The fraction of sp³-hybridized carbons (Fsp3) is 0.355. The van der Waals surface area contributed by atoms with Gasteiger partial charge in [0.2, 0.25) is 17.7 Å². The number of amides is 3. The maximum Gasteiger partial charge on any atom is 0.246 e. The van der Waals surface area contributed by atoms with Crippen molar-refractivity contribution in [3.63, 3.8) is 0 Å². The number of benzene rings is 2. The van der Waals surface area contributed by atoms with E-state index >= 15 is 0 Å². The number of ether oxygens (including phenoxy) is 2. The Morgan fingerprint density at radius 2 is 1.80 bits per heavy atom. The number of fused-ring (bicyclic) bond motifs is 1. The Hall–Kier alpha value is -4.44. The van der Waals surface area contributed by atoms with Gasteiger partial charge in [-0.05, 0) is 43.5 Å². The second-order valence-corrected chi connectivity index (χ2v) is 11.0. The van der Waals surface area contributed by atoms with Gasteiger partial charge in [-0.15, -0.1) is 0 Å². The van der Waals surface area contributed by atoms with Gasteiger partial charge in [0.1, 0.15) is 23.2 Å². The lowest BCUT2D eigenvalue weighted by Crippen LogP contribution is -2.55. The highest BCUT2D eigenvalue weighted by atomic mass is 16.5. The SMILES string of the molecule is COc1ccc(CCN2C(=O)[C@@H]3[C@H](C(=O)Nc4cc(C)on4)[C@@]4(C)C=C[C@@]3(O4)[C@@H]2C(=O)NCc2ccccc2)cc1. The number of hydrogen-bond acceptors (Lipinski definition) is 7. The minimum Gasteiger partial charge on any atom is -0.497 e. The van der Waals surface area contributed by atoms with Gasteiger partial charge in [0, 0.05) is 19.2 Å². The summed E-state index contributed by atoms with van der Waals surface area (Å²) >= 11 is 0. The molecule has 3 aromatic rings. The van der Waals surface area contributed by atoms with E-state index < -0.39 is 35.0 Å². The second kappa shape index (κ2) is 10.2. The van der Waals surface area contributed by atoms with E-state index in [0.29, 0.717) is 18.7 Å². The largest absolute Gasteiger partial charge is 0.497 e. The van der Waals surface area contributed by atoms with E-state index in [9.17, 15) is 14.4 Å². The van der Waals surface area contributed by atoms with Crippen molar-refractivity contribution in [3.05, 3.63) is 89.7 Å². The van der Waals surface area contributed by atoms with Gasteiger partial charge in [-0.1, -0.05) is 59.8 Å². The van der Waals surface area contributed by atoms with Crippen LogP contribution in [0.4, 0.5) is 5.82 Å². The van der Waals surface area contributed by atoms with Crippen LogP contribution in [0.1, 0.15) is 23.8 Å². The first kappa shape index (κ1) is 26.8. The first-order valence-corrected chi connectivity index (χ1v) is 13.6. The minimum absolute atomic E-state index is 0.260. The van der Waals surface area contributed by atoms with E-state index in [1.807, 2.05) is 54.6 Å².